The van der Waals surface area contributed by atoms with Gasteiger partial charge in [-0.15, -0.1) is 0 Å². The number of piperazine rings is 1. The van der Waals surface area contributed by atoms with Crippen molar-refractivity contribution in [2.75, 3.05) is 33.3 Å². The van der Waals surface area contributed by atoms with Crippen molar-refractivity contribution in [1.29, 1.82) is 0 Å². The van der Waals surface area contributed by atoms with Crippen molar-refractivity contribution in [3.8, 4) is 0 Å². The standard InChI is InChI=1S/C12H18F3N3O/c1-17-6-9(12(13,14)15)2-3-11(17)18-5-4-16-10(7-18)8-19/h2-3,6,10-11,16,19H,4-5,7-8H2,1H3. The molecule has 19 heavy (non-hydrogen) atoms. The van der Waals surface area contributed by atoms with E-state index in [1.54, 1.807) is 18.0 Å². The molecular weight excluding hydrogens is 259 g/mol. The molecule has 0 amide bonds. The van der Waals surface area contributed by atoms with Gasteiger partial charge < -0.3 is 15.3 Å². The highest BCUT2D eigenvalue weighted by Gasteiger charge is 2.35. The molecule has 2 heterocycles. The Morgan fingerprint density at radius 2 is 2.21 bits per heavy atom. The van der Waals surface area contributed by atoms with Gasteiger partial charge in [0.1, 0.15) is 6.17 Å². The van der Waals surface area contributed by atoms with Gasteiger partial charge in [-0.05, 0) is 12.2 Å². The summed E-state index contributed by atoms with van der Waals surface area (Å²) >= 11 is 0. The SMILES string of the molecule is CN1C=C(C(F)(F)F)C=CC1N1CCNC(CO)C1. The summed E-state index contributed by atoms with van der Waals surface area (Å²) in [6.45, 7) is 2.11. The van der Waals surface area contributed by atoms with Gasteiger partial charge in [-0.2, -0.15) is 13.2 Å². The lowest BCUT2D eigenvalue weighted by Crippen LogP contribution is -2.58. The van der Waals surface area contributed by atoms with Crippen molar-refractivity contribution in [3.05, 3.63) is 23.9 Å². The van der Waals surface area contributed by atoms with Gasteiger partial charge in [-0.3, -0.25) is 4.90 Å². The second kappa shape index (κ2) is 5.52. The number of alkyl halides is 3. The highest BCUT2D eigenvalue weighted by atomic mass is 19.4. The zero-order chi connectivity index (χ0) is 14.0. The van der Waals surface area contributed by atoms with Crippen LogP contribution in [0.1, 0.15) is 0 Å². The average Bonchev–Trinajstić information content (AvgIpc) is 2.37. The Morgan fingerprint density at radius 3 is 2.79 bits per heavy atom. The Labute approximate surface area is 110 Å². The summed E-state index contributed by atoms with van der Waals surface area (Å²) in [6.07, 6.45) is -0.696. The Kier molecular flexibility index (Phi) is 4.17. The minimum Gasteiger partial charge on any atom is -0.395 e. The normalized spacial score (nSPS) is 29.5. The van der Waals surface area contributed by atoms with Crippen LogP contribution in [0.25, 0.3) is 0 Å². The molecule has 0 radical (unpaired) electrons. The highest BCUT2D eigenvalue weighted by molar-refractivity contribution is 5.28. The maximum Gasteiger partial charge on any atom is 0.417 e. The molecule has 1 fully saturated rings. The van der Waals surface area contributed by atoms with Crippen molar-refractivity contribution in [3.63, 3.8) is 0 Å². The molecular formula is C12H18F3N3O. The summed E-state index contributed by atoms with van der Waals surface area (Å²) in [4.78, 5) is 3.61. The van der Waals surface area contributed by atoms with Crippen molar-refractivity contribution >= 4 is 0 Å². The molecule has 2 N–H and O–H groups in total. The highest BCUT2D eigenvalue weighted by Crippen LogP contribution is 2.30. The van der Waals surface area contributed by atoms with Crippen molar-refractivity contribution in [2.45, 2.75) is 18.4 Å². The molecule has 2 aliphatic rings. The second-order valence-electron chi connectivity index (χ2n) is 4.85. The number of nitrogens with one attached hydrogen (secondary N) is 1. The third kappa shape index (κ3) is 3.29. The van der Waals surface area contributed by atoms with Crippen LogP contribution in [0, 0.1) is 0 Å². The predicted molar refractivity (Wildman–Crippen MR) is 65.3 cm³/mol. The Morgan fingerprint density at radius 1 is 1.47 bits per heavy atom. The van der Waals surface area contributed by atoms with Crippen LogP contribution >= 0.6 is 0 Å². The topological polar surface area (TPSA) is 38.7 Å². The number of rotatable bonds is 2. The van der Waals surface area contributed by atoms with Crippen LogP contribution in [0.4, 0.5) is 13.2 Å². The fraction of sp³-hybridized carbons (Fsp3) is 0.667. The van der Waals surface area contributed by atoms with Crippen molar-refractivity contribution in [1.82, 2.24) is 15.1 Å². The monoisotopic (exact) mass is 277 g/mol. The molecule has 2 atom stereocenters. The fourth-order valence-electron chi connectivity index (χ4n) is 2.43. The average molecular weight is 277 g/mol. The first-order chi connectivity index (χ1) is 8.91. The zero-order valence-electron chi connectivity index (χ0n) is 10.7. The third-order valence-corrected chi connectivity index (χ3v) is 3.42. The van der Waals surface area contributed by atoms with E-state index in [1.165, 1.54) is 0 Å². The Bertz CT molecular complexity index is 381. The smallest absolute Gasteiger partial charge is 0.395 e. The van der Waals surface area contributed by atoms with Gasteiger partial charge in [0, 0.05) is 38.9 Å². The first-order valence-corrected chi connectivity index (χ1v) is 6.19. The number of allylic oxidation sites excluding steroid dienone is 2. The molecule has 7 heteroatoms. The fourth-order valence-corrected chi connectivity index (χ4v) is 2.43. The number of halogens is 3. The van der Waals surface area contributed by atoms with Crippen LogP contribution in [0.3, 0.4) is 0 Å². The molecule has 0 aromatic heterocycles. The van der Waals surface area contributed by atoms with E-state index >= 15 is 0 Å². The van der Waals surface area contributed by atoms with E-state index in [2.05, 4.69) is 10.2 Å². The first-order valence-electron chi connectivity index (χ1n) is 6.19. The Balaban J connectivity index is 2.04. The van der Waals surface area contributed by atoms with Gasteiger partial charge in [0.15, 0.2) is 0 Å². The Hall–Kier alpha value is -1.05. The molecule has 0 aromatic carbocycles. The summed E-state index contributed by atoms with van der Waals surface area (Å²) in [6, 6.07) is -0.0245. The number of hydrogen-bond acceptors (Lipinski definition) is 4. The van der Waals surface area contributed by atoms with Gasteiger partial charge in [0.25, 0.3) is 0 Å². The van der Waals surface area contributed by atoms with Crippen LogP contribution in [-0.4, -0.2) is 66.6 Å². The lowest BCUT2D eigenvalue weighted by molar-refractivity contribution is -0.0903. The molecule has 1 saturated heterocycles. The lowest BCUT2D eigenvalue weighted by Gasteiger charge is -2.42. The van der Waals surface area contributed by atoms with Crippen LogP contribution in [0.2, 0.25) is 0 Å². The first kappa shape index (κ1) is 14.4. The summed E-state index contributed by atoms with van der Waals surface area (Å²) in [5.74, 6) is 0. The summed E-state index contributed by atoms with van der Waals surface area (Å²) in [7, 11) is 1.63. The minimum atomic E-state index is -4.31. The van der Waals surface area contributed by atoms with Crippen molar-refractivity contribution < 1.29 is 18.3 Å². The van der Waals surface area contributed by atoms with E-state index in [4.69, 9.17) is 5.11 Å². The van der Waals surface area contributed by atoms with E-state index in [1.807, 2.05) is 0 Å². The molecule has 2 unspecified atom stereocenters. The minimum absolute atomic E-state index is 0.0245. The van der Waals surface area contributed by atoms with Crippen LogP contribution in [0.15, 0.2) is 23.9 Å². The maximum absolute atomic E-state index is 12.6. The molecule has 0 aliphatic carbocycles. The maximum atomic E-state index is 12.6. The number of hydrogen-bond donors (Lipinski definition) is 2. The van der Waals surface area contributed by atoms with E-state index in [9.17, 15) is 13.2 Å². The third-order valence-electron chi connectivity index (χ3n) is 3.42. The summed E-state index contributed by atoms with van der Waals surface area (Å²) < 4.78 is 37.8. The van der Waals surface area contributed by atoms with Gasteiger partial charge in [-0.1, -0.05) is 0 Å². The molecule has 0 saturated carbocycles. The largest absolute Gasteiger partial charge is 0.417 e. The molecule has 0 aromatic rings. The number of nitrogens with zero attached hydrogens (tertiary/aromatic N) is 2. The molecule has 0 bridgehead atoms. The van der Waals surface area contributed by atoms with Gasteiger partial charge in [0.2, 0.25) is 0 Å². The second-order valence-corrected chi connectivity index (χ2v) is 4.85. The van der Waals surface area contributed by atoms with E-state index in [-0.39, 0.29) is 18.8 Å². The zero-order valence-corrected chi connectivity index (χ0v) is 10.7. The van der Waals surface area contributed by atoms with E-state index in [0.717, 1.165) is 25.4 Å². The molecule has 2 aliphatic heterocycles. The molecule has 2 rings (SSSR count). The summed E-state index contributed by atoms with van der Waals surface area (Å²) in [5.41, 5.74) is -0.639. The predicted octanol–water partition coefficient (Wildman–Crippen LogP) is 0.526. The summed E-state index contributed by atoms with van der Waals surface area (Å²) in [5, 5.41) is 12.3. The van der Waals surface area contributed by atoms with Gasteiger partial charge >= 0.3 is 6.18 Å². The number of aliphatic hydroxyl groups excluding tert-OH is 1. The number of aliphatic hydroxyl groups is 1. The molecule has 4 nitrogen and oxygen atoms in total. The van der Waals surface area contributed by atoms with Gasteiger partial charge in [-0.25, -0.2) is 0 Å². The van der Waals surface area contributed by atoms with Gasteiger partial charge in [0.05, 0.1) is 12.2 Å². The lowest BCUT2D eigenvalue weighted by atomic mass is 10.1. The number of likely N-dealkylation sites (N-methyl/N-ethyl adjacent to an activating group) is 1. The molecule has 0 spiro atoms. The van der Waals surface area contributed by atoms with Crippen LogP contribution in [-0.2, 0) is 0 Å². The molecule has 108 valence electrons. The van der Waals surface area contributed by atoms with E-state index < -0.39 is 11.7 Å². The van der Waals surface area contributed by atoms with Crippen LogP contribution < -0.4 is 5.32 Å². The quantitative estimate of drug-likeness (QED) is 0.772. The van der Waals surface area contributed by atoms with Crippen molar-refractivity contribution in [2.24, 2.45) is 0 Å². The van der Waals surface area contributed by atoms with Crippen LogP contribution in [0.5, 0.6) is 0 Å². The van der Waals surface area contributed by atoms with E-state index in [0.29, 0.717) is 6.54 Å².